The largest absolute Gasteiger partial charge is 0.411 e. The van der Waals surface area contributed by atoms with Crippen LogP contribution in [0.2, 0.25) is 5.02 Å². The Morgan fingerprint density at radius 2 is 1.76 bits per heavy atom. The van der Waals surface area contributed by atoms with Gasteiger partial charge in [-0.25, -0.2) is 0 Å². The summed E-state index contributed by atoms with van der Waals surface area (Å²) < 4.78 is 39.8. The summed E-state index contributed by atoms with van der Waals surface area (Å²) in [4.78, 5) is 0. The zero-order chi connectivity index (χ0) is 12.9. The Kier molecular flexibility index (Phi) is 5.56. The van der Waals surface area contributed by atoms with E-state index in [9.17, 15) is 13.2 Å². The van der Waals surface area contributed by atoms with Crippen LogP contribution in [0.15, 0.2) is 24.3 Å². The Balaban J connectivity index is 2.30. The van der Waals surface area contributed by atoms with E-state index in [-0.39, 0.29) is 12.0 Å². The molecule has 1 rings (SSSR count). The van der Waals surface area contributed by atoms with Crippen molar-refractivity contribution in [2.24, 2.45) is 0 Å². The topological polar surface area (TPSA) is 9.23 Å². The fourth-order valence-electron chi connectivity index (χ4n) is 1.21. The zero-order valence-electron chi connectivity index (χ0n) is 8.81. The first kappa shape index (κ1) is 14.6. The third-order valence-corrected chi connectivity index (χ3v) is 2.74. The number of halogens is 5. The van der Waals surface area contributed by atoms with Crippen molar-refractivity contribution in [2.45, 2.75) is 18.0 Å². The van der Waals surface area contributed by atoms with Crippen LogP contribution in [0, 0.1) is 0 Å². The van der Waals surface area contributed by atoms with Gasteiger partial charge in [-0.2, -0.15) is 13.2 Å². The average molecular weight is 287 g/mol. The molecule has 0 aliphatic heterocycles. The average Bonchev–Trinajstić information content (AvgIpc) is 2.24. The van der Waals surface area contributed by atoms with Crippen LogP contribution in [0.4, 0.5) is 13.2 Å². The van der Waals surface area contributed by atoms with Crippen molar-refractivity contribution in [1.82, 2.24) is 0 Å². The van der Waals surface area contributed by atoms with Crippen LogP contribution in [-0.4, -0.2) is 19.4 Å². The van der Waals surface area contributed by atoms with Gasteiger partial charge in [-0.1, -0.05) is 23.7 Å². The molecule has 0 aliphatic carbocycles. The monoisotopic (exact) mass is 286 g/mol. The summed E-state index contributed by atoms with van der Waals surface area (Å²) in [6.07, 6.45) is -3.97. The van der Waals surface area contributed by atoms with Gasteiger partial charge in [-0.15, -0.1) is 11.6 Å². The molecule has 0 saturated heterocycles. The first-order valence-corrected chi connectivity index (χ1v) is 5.74. The molecule has 1 unspecified atom stereocenters. The molecule has 96 valence electrons. The van der Waals surface area contributed by atoms with Crippen molar-refractivity contribution in [3.8, 4) is 0 Å². The molecule has 1 nitrogen and oxygen atoms in total. The number of rotatable bonds is 5. The molecule has 0 amide bonds. The second-order valence-electron chi connectivity index (χ2n) is 3.48. The Bertz CT molecular complexity index is 338. The van der Waals surface area contributed by atoms with Gasteiger partial charge in [0.15, 0.2) is 0 Å². The van der Waals surface area contributed by atoms with Gasteiger partial charge in [0.25, 0.3) is 0 Å². The highest BCUT2D eigenvalue weighted by Crippen LogP contribution is 2.25. The van der Waals surface area contributed by atoms with Gasteiger partial charge in [0.05, 0.1) is 5.38 Å². The first-order valence-electron chi connectivity index (χ1n) is 4.92. The Morgan fingerprint density at radius 1 is 1.18 bits per heavy atom. The SMILES string of the molecule is FC(F)(F)COCCC(Cl)c1ccc(Cl)cc1. The summed E-state index contributed by atoms with van der Waals surface area (Å²) in [6, 6.07) is 6.85. The molecule has 0 fully saturated rings. The van der Waals surface area contributed by atoms with E-state index in [0.29, 0.717) is 11.4 Å². The lowest BCUT2D eigenvalue weighted by Gasteiger charge is -2.11. The van der Waals surface area contributed by atoms with Gasteiger partial charge < -0.3 is 4.74 Å². The number of benzene rings is 1. The highest BCUT2D eigenvalue weighted by atomic mass is 35.5. The van der Waals surface area contributed by atoms with Crippen molar-refractivity contribution >= 4 is 23.2 Å². The lowest BCUT2D eigenvalue weighted by molar-refractivity contribution is -0.174. The number of hydrogen-bond donors (Lipinski definition) is 0. The van der Waals surface area contributed by atoms with E-state index >= 15 is 0 Å². The minimum absolute atomic E-state index is 0.0314. The third-order valence-electron chi connectivity index (χ3n) is 2.01. The quantitative estimate of drug-likeness (QED) is 0.568. The van der Waals surface area contributed by atoms with Crippen LogP contribution >= 0.6 is 23.2 Å². The molecule has 0 N–H and O–H groups in total. The van der Waals surface area contributed by atoms with Gasteiger partial charge in [0.2, 0.25) is 0 Å². The van der Waals surface area contributed by atoms with E-state index in [1.54, 1.807) is 24.3 Å². The maximum Gasteiger partial charge on any atom is 0.411 e. The predicted octanol–water partition coefficient (Wildman–Crippen LogP) is 4.59. The van der Waals surface area contributed by atoms with Crippen molar-refractivity contribution < 1.29 is 17.9 Å². The molecule has 0 heterocycles. The van der Waals surface area contributed by atoms with Crippen molar-refractivity contribution in [3.63, 3.8) is 0 Å². The predicted molar refractivity (Wildman–Crippen MR) is 61.5 cm³/mol. The molecule has 0 spiro atoms. The first-order chi connectivity index (χ1) is 7.88. The van der Waals surface area contributed by atoms with Crippen molar-refractivity contribution in [3.05, 3.63) is 34.9 Å². The summed E-state index contributed by atoms with van der Waals surface area (Å²) in [5.41, 5.74) is 0.812. The lowest BCUT2D eigenvalue weighted by Crippen LogP contribution is -2.17. The van der Waals surface area contributed by atoms with E-state index in [2.05, 4.69) is 4.74 Å². The van der Waals surface area contributed by atoms with Crippen LogP contribution in [-0.2, 0) is 4.74 Å². The van der Waals surface area contributed by atoms with Gasteiger partial charge >= 0.3 is 6.18 Å². The molecule has 17 heavy (non-hydrogen) atoms. The number of hydrogen-bond acceptors (Lipinski definition) is 1. The third kappa shape index (κ3) is 6.15. The molecular weight excluding hydrogens is 276 g/mol. The Morgan fingerprint density at radius 3 is 2.29 bits per heavy atom. The van der Waals surface area contributed by atoms with Crippen LogP contribution < -0.4 is 0 Å². The second-order valence-corrected chi connectivity index (χ2v) is 4.44. The number of alkyl halides is 4. The van der Waals surface area contributed by atoms with E-state index in [1.165, 1.54) is 0 Å². The van der Waals surface area contributed by atoms with E-state index in [4.69, 9.17) is 23.2 Å². The lowest BCUT2D eigenvalue weighted by atomic mass is 10.1. The van der Waals surface area contributed by atoms with Gasteiger partial charge in [-0.3, -0.25) is 0 Å². The highest BCUT2D eigenvalue weighted by molar-refractivity contribution is 6.30. The molecule has 1 aromatic rings. The van der Waals surface area contributed by atoms with Gasteiger partial charge in [-0.05, 0) is 24.1 Å². The van der Waals surface area contributed by atoms with E-state index in [0.717, 1.165) is 5.56 Å². The summed E-state index contributed by atoms with van der Waals surface area (Å²) in [6.45, 7) is -1.27. The Labute approximate surface area is 107 Å². The van der Waals surface area contributed by atoms with Crippen LogP contribution in [0.3, 0.4) is 0 Å². The summed E-state index contributed by atoms with van der Waals surface area (Å²) in [5, 5.41) is 0.214. The summed E-state index contributed by atoms with van der Waals surface area (Å²) >= 11 is 11.7. The zero-order valence-corrected chi connectivity index (χ0v) is 10.3. The maximum atomic E-state index is 11.8. The smallest absolute Gasteiger partial charge is 0.372 e. The Hall–Kier alpha value is -0.450. The molecule has 1 aromatic carbocycles. The van der Waals surface area contributed by atoms with Crippen LogP contribution in [0.25, 0.3) is 0 Å². The fraction of sp³-hybridized carbons (Fsp3) is 0.455. The molecule has 0 bridgehead atoms. The molecule has 0 aromatic heterocycles. The standard InChI is InChI=1S/C11H11Cl2F3O/c12-9-3-1-8(2-4-9)10(13)5-6-17-7-11(14,15)16/h1-4,10H,5-7H2. The maximum absolute atomic E-state index is 11.8. The minimum Gasteiger partial charge on any atom is -0.372 e. The minimum atomic E-state index is -4.29. The van der Waals surface area contributed by atoms with Crippen LogP contribution in [0.5, 0.6) is 0 Å². The molecule has 0 radical (unpaired) electrons. The van der Waals surface area contributed by atoms with E-state index in [1.807, 2.05) is 0 Å². The van der Waals surface area contributed by atoms with Crippen molar-refractivity contribution in [2.75, 3.05) is 13.2 Å². The summed E-state index contributed by atoms with van der Waals surface area (Å²) in [5.74, 6) is 0. The highest BCUT2D eigenvalue weighted by Gasteiger charge is 2.27. The van der Waals surface area contributed by atoms with Crippen molar-refractivity contribution in [1.29, 1.82) is 0 Å². The van der Waals surface area contributed by atoms with E-state index < -0.39 is 12.8 Å². The van der Waals surface area contributed by atoms with Gasteiger partial charge in [0.1, 0.15) is 6.61 Å². The second kappa shape index (κ2) is 6.47. The molecule has 6 heteroatoms. The molecule has 1 atom stereocenters. The summed E-state index contributed by atoms with van der Waals surface area (Å²) in [7, 11) is 0. The number of ether oxygens (including phenoxy) is 1. The molecular formula is C11H11Cl2F3O. The molecule has 0 saturated carbocycles. The normalized spacial score (nSPS) is 13.7. The van der Waals surface area contributed by atoms with Crippen LogP contribution in [0.1, 0.15) is 17.4 Å². The molecule has 0 aliphatic rings. The van der Waals surface area contributed by atoms with Gasteiger partial charge in [0, 0.05) is 11.6 Å². The fourth-order valence-corrected chi connectivity index (χ4v) is 1.57.